The molecule has 0 heterocycles. The summed E-state index contributed by atoms with van der Waals surface area (Å²) in [4.78, 5) is 0. The van der Waals surface area contributed by atoms with Crippen LogP contribution < -0.4 is 5.73 Å². The molecule has 0 aromatic rings. The van der Waals surface area contributed by atoms with Crippen LogP contribution in [-0.2, 0) is 0 Å². The van der Waals surface area contributed by atoms with Gasteiger partial charge in [-0.1, -0.05) is 34.6 Å². The molecule has 0 aromatic heterocycles. The molecule has 0 saturated heterocycles. The standard InChI is InChI=1S/C11H25N/c1-8(2)9(3)6-10(4)11(5)7-12/h8-11H,6-7,12H2,1-5H3. The van der Waals surface area contributed by atoms with E-state index < -0.39 is 0 Å². The maximum absolute atomic E-state index is 5.62. The monoisotopic (exact) mass is 171 g/mol. The van der Waals surface area contributed by atoms with Crippen molar-refractivity contribution >= 4 is 0 Å². The number of rotatable bonds is 5. The van der Waals surface area contributed by atoms with Crippen molar-refractivity contribution in [2.45, 2.75) is 41.0 Å². The molecule has 2 N–H and O–H groups in total. The zero-order chi connectivity index (χ0) is 9.72. The molecule has 0 amide bonds. The lowest BCUT2D eigenvalue weighted by molar-refractivity contribution is 0.276. The second-order valence-corrected chi connectivity index (χ2v) is 4.65. The second-order valence-electron chi connectivity index (χ2n) is 4.65. The van der Waals surface area contributed by atoms with Gasteiger partial charge in [-0.3, -0.25) is 0 Å². The molecule has 0 rings (SSSR count). The molecule has 74 valence electrons. The zero-order valence-corrected chi connectivity index (χ0v) is 9.30. The van der Waals surface area contributed by atoms with Gasteiger partial charge >= 0.3 is 0 Å². The van der Waals surface area contributed by atoms with Gasteiger partial charge in [0.15, 0.2) is 0 Å². The Morgan fingerprint density at radius 3 is 1.67 bits per heavy atom. The third-order valence-corrected chi connectivity index (χ3v) is 3.22. The number of hydrogen-bond donors (Lipinski definition) is 1. The normalized spacial score (nSPS) is 19.2. The molecular weight excluding hydrogens is 146 g/mol. The maximum Gasteiger partial charge on any atom is -0.00490 e. The predicted octanol–water partition coefficient (Wildman–Crippen LogP) is 2.90. The minimum absolute atomic E-state index is 0.672. The van der Waals surface area contributed by atoms with E-state index in [0.717, 1.165) is 24.3 Å². The minimum Gasteiger partial charge on any atom is -0.330 e. The number of nitrogens with two attached hydrogens (primary N) is 1. The summed E-state index contributed by atoms with van der Waals surface area (Å²) >= 11 is 0. The fraction of sp³-hybridized carbons (Fsp3) is 1.00. The Morgan fingerprint density at radius 1 is 0.833 bits per heavy atom. The zero-order valence-electron chi connectivity index (χ0n) is 9.30. The molecule has 0 aliphatic rings. The molecule has 3 unspecified atom stereocenters. The summed E-state index contributed by atoms with van der Waals surface area (Å²) < 4.78 is 0. The van der Waals surface area contributed by atoms with Crippen molar-refractivity contribution in [1.82, 2.24) is 0 Å². The molecule has 0 aliphatic carbocycles. The highest BCUT2D eigenvalue weighted by Gasteiger charge is 2.15. The molecular formula is C11H25N. The average Bonchev–Trinajstić information content (AvgIpc) is 2.02. The van der Waals surface area contributed by atoms with Crippen LogP contribution in [0.3, 0.4) is 0 Å². The van der Waals surface area contributed by atoms with E-state index in [1.807, 2.05) is 0 Å². The lowest BCUT2D eigenvalue weighted by Gasteiger charge is -2.24. The summed E-state index contributed by atoms with van der Waals surface area (Å²) in [7, 11) is 0. The Balaban J connectivity index is 3.75. The quantitative estimate of drug-likeness (QED) is 0.676. The lowest BCUT2D eigenvalue weighted by atomic mass is 9.83. The van der Waals surface area contributed by atoms with Crippen LogP contribution in [0, 0.1) is 23.7 Å². The van der Waals surface area contributed by atoms with Crippen molar-refractivity contribution in [3.05, 3.63) is 0 Å². The smallest absolute Gasteiger partial charge is 0.00490 e. The first-order valence-electron chi connectivity index (χ1n) is 5.19. The van der Waals surface area contributed by atoms with E-state index in [2.05, 4.69) is 34.6 Å². The van der Waals surface area contributed by atoms with E-state index in [1.54, 1.807) is 0 Å². The molecule has 0 spiro atoms. The Morgan fingerprint density at radius 2 is 1.33 bits per heavy atom. The predicted molar refractivity (Wildman–Crippen MR) is 56.0 cm³/mol. The van der Waals surface area contributed by atoms with Crippen molar-refractivity contribution in [2.24, 2.45) is 29.4 Å². The largest absolute Gasteiger partial charge is 0.330 e. The highest BCUT2D eigenvalue weighted by molar-refractivity contribution is 4.67. The fourth-order valence-electron chi connectivity index (χ4n) is 1.32. The van der Waals surface area contributed by atoms with E-state index in [9.17, 15) is 0 Å². The van der Waals surface area contributed by atoms with Gasteiger partial charge < -0.3 is 5.73 Å². The molecule has 0 aromatic carbocycles. The Kier molecular flexibility index (Phi) is 5.56. The minimum atomic E-state index is 0.672. The molecule has 3 atom stereocenters. The molecule has 12 heavy (non-hydrogen) atoms. The first-order chi connectivity index (χ1) is 5.49. The summed E-state index contributed by atoms with van der Waals surface area (Å²) in [5, 5.41) is 0. The van der Waals surface area contributed by atoms with E-state index in [-0.39, 0.29) is 0 Å². The third-order valence-electron chi connectivity index (χ3n) is 3.22. The third kappa shape index (κ3) is 4.10. The van der Waals surface area contributed by atoms with Gasteiger partial charge in [0.25, 0.3) is 0 Å². The highest BCUT2D eigenvalue weighted by atomic mass is 14.5. The van der Waals surface area contributed by atoms with Crippen LogP contribution in [-0.4, -0.2) is 6.54 Å². The van der Waals surface area contributed by atoms with Crippen molar-refractivity contribution in [3.63, 3.8) is 0 Å². The Hall–Kier alpha value is -0.0400. The van der Waals surface area contributed by atoms with Crippen LogP contribution in [0.25, 0.3) is 0 Å². The van der Waals surface area contributed by atoms with Crippen LogP contribution in [0.4, 0.5) is 0 Å². The first kappa shape index (κ1) is 12.0. The molecule has 0 aliphatic heterocycles. The van der Waals surface area contributed by atoms with Crippen LogP contribution in [0.2, 0.25) is 0 Å². The molecule has 0 fully saturated rings. The van der Waals surface area contributed by atoms with Crippen LogP contribution in [0.1, 0.15) is 41.0 Å². The van der Waals surface area contributed by atoms with Crippen molar-refractivity contribution in [2.75, 3.05) is 6.54 Å². The maximum atomic E-state index is 5.62. The summed E-state index contributed by atoms with van der Waals surface area (Å²) in [6.07, 6.45) is 1.32. The SMILES string of the molecule is CC(C)C(C)CC(C)C(C)CN. The fourth-order valence-corrected chi connectivity index (χ4v) is 1.32. The van der Waals surface area contributed by atoms with Crippen LogP contribution in [0.5, 0.6) is 0 Å². The van der Waals surface area contributed by atoms with Gasteiger partial charge in [-0.05, 0) is 36.6 Å². The summed E-state index contributed by atoms with van der Waals surface area (Å²) in [5.74, 6) is 3.07. The van der Waals surface area contributed by atoms with Gasteiger partial charge in [0.1, 0.15) is 0 Å². The summed E-state index contributed by atoms with van der Waals surface area (Å²) in [6, 6.07) is 0. The topological polar surface area (TPSA) is 26.0 Å². The summed E-state index contributed by atoms with van der Waals surface area (Å²) in [6.45, 7) is 12.3. The average molecular weight is 171 g/mol. The molecule has 0 radical (unpaired) electrons. The van der Waals surface area contributed by atoms with E-state index in [1.165, 1.54) is 6.42 Å². The molecule has 0 bridgehead atoms. The van der Waals surface area contributed by atoms with Gasteiger partial charge in [0.05, 0.1) is 0 Å². The van der Waals surface area contributed by atoms with E-state index >= 15 is 0 Å². The lowest BCUT2D eigenvalue weighted by Crippen LogP contribution is -2.21. The van der Waals surface area contributed by atoms with Crippen molar-refractivity contribution in [1.29, 1.82) is 0 Å². The molecule has 0 saturated carbocycles. The van der Waals surface area contributed by atoms with Crippen molar-refractivity contribution < 1.29 is 0 Å². The van der Waals surface area contributed by atoms with Gasteiger partial charge in [0.2, 0.25) is 0 Å². The highest BCUT2D eigenvalue weighted by Crippen LogP contribution is 2.23. The molecule has 1 heteroatoms. The van der Waals surface area contributed by atoms with Gasteiger partial charge in [-0.2, -0.15) is 0 Å². The van der Waals surface area contributed by atoms with Gasteiger partial charge in [-0.15, -0.1) is 0 Å². The summed E-state index contributed by atoms with van der Waals surface area (Å²) in [5.41, 5.74) is 5.62. The van der Waals surface area contributed by atoms with E-state index in [0.29, 0.717) is 5.92 Å². The van der Waals surface area contributed by atoms with Gasteiger partial charge in [0, 0.05) is 0 Å². The van der Waals surface area contributed by atoms with E-state index in [4.69, 9.17) is 5.73 Å². The Bertz CT molecular complexity index is 110. The van der Waals surface area contributed by atoms with Crippen LogP contribution in [0.15, 0.2) is 0 Å². The Labute approximate surface area is 77.7 Å². The van der Waals surface area contributed by atoms with Crippen LogP contribution >= 0.6 is 0 Å². The van der Waals surface area contributed by atoms with Gasteiger partial charge in [-0.25, -0.2) is 0 Å². The molecule has 1 nitrogen and oxygen atoms in total. The second kappa shape index (κ2) is 5.58. The van der Waals surface area contributed by atoms with Crippen molar-refractivity contribution in [3.8, 4) is 0 Å². The number of hydrogen-bond acceptors (Lipinski definition) is 1. The first-order valence-corrected chi connectivity index (χ1v) is 5.19.